The summed E-state index contributed by atoms with van der Waals surface area (Å²) in [6.07, 6.45) is 0.174. The van der Waals surface area contributed by atoms with E-state index in [-0.39, 0.29) is 30.6 Å². The topological polar surface area (TPSA) is 49.4 Å². The number of carbonyl (C=O) groups is 2. The molecule has 1 N–H and O–H groups in total. The largest absolute Gasteiger partial charge is 0.355 e. The summed E-state index contributed by atoms with van der Waals surface area (Å²) in [4.78, 5) is 25.0. The maximum absolute atomic E-state index is 12.8. The highest BCUT2D eigenvalue weighted by Gasteiger charge is 2.15. The van der Waals surface area contributed by atoms with Gasteiger partial charge in [-0.3, -0.25) is 9.59 Å². The monoisotopic (exact) mass is 266 g/mol. The summed E-state index contributed by atoms with van der Waals surface area (Å²) in [6, 6.07) is 5.80. The molecule has 0 fully saturated rings. The van der Waals surface area contributed by atoms with E-state index in [0.717, 1.165) is 5.56 Å². The molecule has 19 heavy (non-hydrogen) atoms. The number of hydrogen-bond acceptors (Lipinski definition) is 2. The first-order valence-electron chi connectivity index (χ1n) is 6.35. The van der Waals surface area contributed by atoms with E-state index in [0.29, 0.717) is 13.1 Å². The highest BCUT2D eigenvalue weighted by Crippen LogP contribution is 2.05. The van der Waals surface area contributed by atoms with Gasteiger partial charge in [0.05, 0.1) is 13.0 Å². The quantitative estimate of drug-likeness (QED) is 0.845. The van der Waals surface area contributed by atoms with Crippen molar-refractivity contribution in [2.45, 2.75) is 20.3 Å². The fourth-order valence-electron chi connectivity index (χ4n) is 1.69. The molecule has 0 bridgehead atoms. The van der Waals surface area contributed by atoms with Crippen LogP contribution in [-0.2, 0) is 16.0 Å². The third-order valence-corrected chi connectivity index (χ3v) is 2.71. The van der Waals surface area contributed by atoms with Gasteiger partial charge in [-0.25, -0.2) is 4.39 Å². The van der Waals surface area contributed by atoms with Crippen LogP contribution in [0.4, 0.5) is 4.39 Å². The molecule has 0 spiro atoms. The number of likely N-dealkylation sites (N-methyl/N-ethyl adjacent to an activating group) is 2. The molecule has 0 unspecified atom stereocenters. The first-order valence-corrected chi connectivity index (χ1v) is 6.35. The van der Waals surface area contributed by atoms with Crippen LogP contribution in [0.15, 0.2) is 24.3 Å². The Morgan fingerprint density at radius 1 is 1.21 bits per heavy atom. The lowest BCUT2D eigenvalue weighted by Gasteiger charge is -2.20. The van der Waals surface area contributed by atoms with Crippen molar-refractivity contribution in [3.05, 3.63) is 35.6 Å². The van der Waals surface area contributed by atoms with Crippen molar-refractivity contribution in [3.8, 4) is 0 Å². The summed E-state index contributed by atoms with van der Waals surface area (Å²) in [6.45, 7) is 4.72. The molecule has 5 heteroatoms. The molecule has 0 aliphatic rings. The Hall–Kier alpha value is -1.91. The van der Waals surface area contributed by atoms with Gasteiger partial charge in [-0.2, -0.15) is 0 Å². The average molecular weight is 266 g/mol. The van der Waals surface area contributed by atoms with E-state index in [1.165, 1.54) is 17.0 Å². The fraction of sp³-hybridized carbons (Fsp3) is 0.429. The van der Waals surface area contributed by atoms with Crippen LogP contribution >= 0.6 is 0 Å². The Kier molecular flexibility index (Phi) is 5.99. The first kappa shape index (κ1) is 15.1. The van der Waals surface area contributed by atoms with E-state index in [1.807, 2.05) is 13.8 Å². The predicted molar refractivity (Wildman–Crippen MR) is 71.0 cm³/mol. The SMILES string of the molecule is CCNC(=O)CN(CC)C(=O)Cc1ccc(F)cc1. The summed E-state index contributed by atoms with van der Waals surface area (Å²) < 4.78 is 12.8. The predicted octanol–water partition coefficient (Wildman–Crippen LogP) is 1.35. The number of benzene rings is 1. The Balaban J connectivity index is 2.58. The number of carbonyl (C=O) groups excluding carboxylic acids is 2. The van der Waals surface area contributed by atoms with Crippen LogP contribution in [0.25, 0.3) is 0 Å². The maximum atomic E-state index is 12.8. The molecule has 0 saturated carbocycles. The van der Waals surface area contributed by atoms with Gasteiger partial charge in [-0.05, 0) is 31.5 Å². The van der Waals surface area contributed by atoms with E-state index in [4.69, 9.17) is 0 Å². The number of nitrogens with zero attached hydrogens (tertiary/aromatic N) is 1. The van der Waals surface area contributed by atoms with Gasteiger partial charge in [-0.15, -0.1) is 0 Å². The number of rotatable bonds is 6. The second-order valence-electron chi connectivity index (χ2n) is 4.16. The standard InChI is InChI=1S/C14H19FN2O2/c1-3-16-13(18)10-17(4-2)14(19)9-11-5-7-12(15)8-6-11/h5-8H,3-4,9-10H2,1-2H3,(H,16,18). The van der Waals surface area contributed by atoms with Crippen LogP contribution in [0, 0.1) is 5.82 Å². The van der Waals surface area contributed by atoms with E-state index in [2.05, 4.69) is 5.32 Å². The van der Waals surface area contributed by atoms with Crippen LogP contribution in [-0.4, -0.2) is 36.3 Å². The lowest BCUT2D eigenvalue weighted by Crippen LogP contribution is -2.41. The Bertz CT molecular complexity index is 432. The lowest BCUT2D eigenvalue weighted by molar-refractivity contribution is -0.135. The molecule has 0 radical (unpaired) electrons. The average Bonchev–Trinajstić information content (AvgIpc) is 2.39. The van der Waals surface area contributed by atoms with Gasteiger partial charge in [0.2, 0.25) is 11.8 Å². The van der Waals surface area contributed by atoms with E-state index in [1.54, 1.807) is 12.1 Å². The fourth-order valence-corrected chi connectivity index (χ4v) is 1.69. The Morgan fingerprint density at radius 3 is 2.37 bits per heavy atom. The highest BCUT2D eigenvalue weighted by atomic mass is 19.1. The molecule has 1 aromatic rings. The molecule has 1 rings (SSSR count). The van der Waals surface area contributed by atoms with Crippen molar-refractivity contribution in [2.24, 2.45) is 0 Å². The summed E-state index contributed by atoms with van der Waals surface area (Å²) in [7, 11) is 0. The zero-order valence-electron chi connectivity index (χ0n) is 11.3. The molecule has 0 heterocycles. The minimum absolute atomic E-state index is 0.0599. The number of amides is 2. The lowest BCUT2D eigenvalue weighted by atomic mass is 10.1. The minimum atomic E-state index is -0.328. The van der Waals surface area contributed by atoms with E-state index in [9.17, 15) is 14.0 Å². The Morgan fingerprint density at radius 2 is 1.84 bits per heavy atom. The van der Waals surface area contributed by atoms with Crippen molar-refractivity contribution in [3.63, 3.8) is 0 Å². The molecule has 0 aromatic heterocycles. The maximum Gasteiger partial charge on any atom is 0.239 e. The van der Waals surface area contributed by atoms with Gasteiger partial charge in [0.25, 0.3) is 0 Å². The smallest absolute Gasteiger partial charge is 0.239 e. The van der Waals surface area contributed by atoms with Crippen LogP contribution in [0.5, 0.6) is 0 Å². The van der Waals surface area contributed by atoms with Gasteiger partial charge in [0, 0.05) is 13.1 Å². The molecule has 0 saturated heterocycles. The van der Waals surface area contributed by atoms with Crippen molar-refractivity contribution in [1.29, 1.82) is 0 Å². The zero-order chi connectivity index (χ0) is 14.3. The summed E-state index contributed by atoms with van der Waals surface area (Å²) >= 11 is 0. The van der Waals surface area contributed by atoms with Crippen LogP contribution in [0.3, 0.4) is 0 Å². The summed E-state index contributed by atoms with van der Waals surface area (Å²) in [5.41, 5.74) is 0.737. The molecular weight excluding hydrogens is 247 g/mol. The molecule has 4 nitrogen and oxygen atoms in total. The van der Waals surface area contributed by atoms with E-state index >= 15 is 0 Å². The molecule has 0 aliphatic heterocycles. The van der Waals surface area contributed by atoms with Gasteiger partial charge >= 0.3 is 0 Å². The normalized spacial score (nSPS) is 10.1. The third-order valence-electron chi connectivity index (χ3n) is 2.71. The molecular formula is C14H19FN2O2. The zero-order valence-corrected chi connectivity index (χ0v) is 11.3. The second-order valence-corrected chi connectivity index (χ2v) is 4.16. The van der Waals surface area contributed by atoms with Crippen molar-refractivity contribution in [2.75, 3.05) is 19.6 Å². The number of halogens is 1. The number of hydrogen-bond donors (Lipinski definition) is 1. The van der Waals surface area contributed by atoms with Gasteiger partial charge in [0.15, 0.2) is 0 Å². The van der Waals surface area contributed by atoms with Crippen molar-refractivity contribution < 1.29 is 14.0 Å². The number of nitrogens with one attached hydrogen (secondary N) is 1. The van der Waals surface area contributed by atoms with Gasteiger partial charge in [-0.1, -0.05) is 12.1 Å². The van der Waals surface area contributed by atoms with Crippen LogP contribution in [0.2, 0.25) is 0 Å². The van der Waals surface area contributed by atoms with Crippen LogP contribution < -0.4 is 5.32 Å². The van der Waals surface area contributed by atoms with Crippen LogP contribution in [0.1, 0.15) is 19.4 Å². The van der Waals surface area contributed by atoms with Crippen molar-refractivity contribution >= 4 is 11.8 Å². The summed E-state index contributed by atoms with van der Waals surface area (Å²) in [5.74, 6) is -0.636. The Labute approximate surface area is 112 Å². The molecule has 104 valence electrons. The molecule has 0 aliphatic carbocycles. The second kappa shape index (κ2) is 7.51. The highest BCUT2D eigenvalue weighted by molar-refractivity contribution is 5.85. The van der Waals surface area contributed by atoms with Gasteiger partial charge in [0.1, 0.15) is 5.82 Å². The van der Waals surface area contributed by atoms with Crippen molar-refractivity contribution in [1.82, 2.24) is 10.2 Å². The summed E-state index contributed by atoms with van der Waals surface area (Å²) in [5, 5.41) is 2.65. The first-order chi connectivity index (χ1) is 9.06. The van der Waals surface area contributed by atoms with Gasteiger partial charge < -0.3 is 10.2 Å². The van der Waals surface area contributed by atoms with E-state index < -0.39 is 0 Å². The molecule has 2 amide bonds. The molecule has 0 atom stereocenters. The third kappa shape index (κ3) is 5.07. The molecule has 1 aromatic carbocycles. The minimum Gasteiger partial charge on any atom is -0.355 e.